The Morgan fingerprint density at radius 1 is 1.04 bits per heavy atom. The summed E-state index contributed by atoms with van der Waals surface area (Å²) in [5.74, 6) is -3.97. The van der Waals surface area contributed by atoms with E-state index in [4.69, 9.17) is 0 Å². The number of fused-ring (bicyclic) bond motifs is 1. The minimum absolute atomic E-state index is 0.137. The van der Waals surface area contributed by atoms with E-state index in [2.05, 4.69) is 24.9 Å². The average Bonchev–Trinajstić information content (AvgIpc) is 2.96. The topological polar surface area (TPSA) is 65.2 Å². The minimum atomic E-state index is -4.47. The fourth-order valence-electron chi connectivity index (χ4n) is 2.02. The van der Waals surface area contributed by atoms with E-state index >= 15 is 0 Å². The summed E-state index contributed by atoms with van der Waals surface area (Å²) in [5, 5.41) is 7.05. The molecule has 0 spiro atoms. The van der Waals surface area contributed by atoms with E-state index in [1.807, 2.05) is 0 Å². The van der Waals surface area contributed by atoms with Gasteiger partial charge in [0.15, 0.2) is 12.3 Å². The highest BCUT2D eigenvalue weighted by atomic mass is 19.4. The molecule has 0 saturated carbocycles. The standard InChI is InChI=1S/C14H10F5N5O/c1-13(15,16)12-23-22-10-5-20-9(6-24(10)12)8-2-3-11(21-4-8)25-7-14(17,18)19/h2-6H,7H2,1H3. The first kappa shape index (κ1) is 17.0. The van der Waals surface area contributed by atoms with E-state index in [0.717, 1.165) is 4.40 Å². The lowest BCUT2D eigenvalue weighted by Gasteiger charge is -2.09. The SMILES string of the molecule is CC(F)(F)c1nnc2cnc(-c3ccc(OCC(F)(F)F)nc3)cn12. The van der Waals surface area contributed by atoms with Crippen molar-refractivity contribution in [2.45, 2.75) is 19.0 Å². The number of alkyl halides is 5. The highest BCUT2D eigenvalue weighted by Crippen LogP contribution is 2.27. The van der Waals surface area contributed by atoms with E-state index in [-0.39, 0.29) is 17.2 Å². The van der Waals surface area contributed by atoms with Crippen LogP contribution in [-0.2, 0) is 5.92 Å². The summed E-state index contributed by atoms with van der Waals surface area (Å²) in [6.07, 6.45) is -0.682. The van der Waals surface area contributed by atoms with Crippen LogP contribution in [0.4, 0.5) is 22.0 Å². The molecule has 6 nitrogen and oxygen atoms in total. The van der Waals surface area contributed by atoms with Gasteiger partial charge in [0.1, 0.15) is 0 Å². The van der Waals surface area contributed by atoms with Crippen LogP contribution in [0.3, 0.4) is 0 Å². The number of hydrogen-bond donors (Lipinski definition) is 0. The number of halogens is 5. The van der Waals surface area contributed by atoms with Crippen molar-refractivity contribution in [3.63, 3.8) is 0 Å². The van der Waals surface area contributed by atoms with Crippen LogP contribution in [0.5, 0.6) is 5.88 Å². The first-order valence-electron chi connectivity index (χ1n) is 6.88. The Hall–Kier alpha value is -2.85. The van der Waals surface area contributed by atoms with E-state index < -0.39 is 24.5 Å². The van der Waals surface area contributed by atoms with E-state index in [1.165, 1.54) is 30.7 Å². The highest BCUT2D eigenvalue weighted by Gasteiger charge is 2.31. The zero-order valence-corrected chi connectivity index (χ0v) is 12.6. The zero-order valence-electron chi connectivity index (χ0n) is 12.6. The van der Waals surface area contributed by atoms with E-state index in [1.54, 1.807) is 0 Å². The van der Waals surface area contributed by atoms with Gasteiger partial charge in [-0.15, -0.1) is 10.2 Å². The molecular formula is C14H10F5N5O. The third-order valence-corrected chi connectivity index (χ3v) is 3.10. The second-order valence-corrected chi connectivity index (χ2v) is 5.20. The molecule has 0 amide bonds. The smallest absolute Gasteiger partial charge is 0.422 e. The molecule has 0 aromatic carbocycles. The maximum absolute atomic E-state index is 13.5. The van der Waals surface area contributed by atoms with Gasteiger partial charge in [0.05, 0.1) is 11.9 Å². The molecule has 0 aliphatic rings. The molecule has 0 N–H and O–H groups in total. The summed E-state index contributed by atoms with van der Waals surface area (Å²) in [6.45, 7) is -0.767. The molecule has 132 valence electrons. The van der Waals surface area contributed by atoms with Crippen molar-refractivity contribution < 1.29 is 26.7 Å². The predicted octanol–water partition coefficient (Wildman–Crippen LogP) is 3.24. The van der Waals surface area contributed by atoms with Crippen LogP contribution >= 0.6 is 0 Å². The van der Waals surface area contributed by atoms with Crippen molar-refractivity contribution in [2.75, 3.05) is 6.61 Å². The van der Waals surface area contributed by atoms with Crippen molar-refractivity contribution >= 4 is 5.65 Å². The molecule has 0 bridgehead atoms. The molecule has 0 atom stereocenters. The van der Waals surface area contributed by atoms with Gasteiger partial charge in [0.25, 0.3) is 0 Å². The van der Waals surface area contributed by atoms with Crippen LogP contribution in [0.1, 0.15) is 12.7 Å². The Morgan fingerprint density at radius 2 is 1.80 bits per heavy atom. The second kappa shape index (κ2) is 5.90. The lowest BCUT2D eigenvalue weighted by atomic mass is 10.2. The highest BCUT2D eigenvalue weighted by molar-refractivity contribution is 5.59. The normalized spacial score (nSPS) is 12.6. The van der Waals surface area contributed by atoms with Crippen molar-refractivity contribution in [3.05, 3.63) is 36.5 Å². The van der Waals surface area contributed by atoms with Crippen molar-refractivity contribution in [3.8, 4) is 17.1 Å². The van der Waals surface area contributed by atoms with Crippen molar-refractivity contribution in [1.29, 1.82) is 0 Å². The van der Waals surface area contributed by atoms with Crippen LogP contribution in [0, 0.1) is 0 Å². The monoisotopic (exact) mass is 359 g/mol. The zero-order chi connectivity index (χ0) is 18.2. The van der Waals surface area contributed by atoms with Gasteiger partial charge >= 0.3 is 12.1 Å². The quantitative estimate of drug-likeness (QED) is 0.669. The average molecular weight is 359 g/mol. The molecule has 0 radical (unpaired) electrons. The number of ether oxygens (including phenoxy) is 1. The van der Waals surface area contributed by atoms with Crippen molar-refractivity contribution in [2.24, 2.45) is 0 Å². The largest absolute Gasteiger partial charge is 0.468 e. The summed E-state index contributed by atoms with van der Waals surface area (Å²) in [7, 11) is 0. The minimum Gasteiger partial charge on any atom is -0.468 e. The van der Waals surface area contributed by atoms with Gasteiger partial charge in [-0.3, -0.25) is 9.38 Å². The number of rotatable bonds is 4. The van der Waals surface area contributed by atoms with Crippen LogP contribution < -0.4 is 4.74 Å². The lowest BCUT2D eigenvalue weighted by Crippen LogP contribution is -2.19. The summed E-state index contributed by atoms with van der Waals surface area (Å²) < 4.78 is 68.9. The van der Waals surface area contributed by atoms with Crippen LogP contribution in [-0.4, -0.2) is 37.3 Å². The summed E-state index contributed by atoms with van der Waals surface area (Å²) in [6, 6.07) is 2.65. The van der Waals surface area contributed by atoms with Gasteiger partial charge < -0.3 is 4.74 Å². The molecule has 3 rings (SSSR count). The molecule has 25 heavy (non-hydrogen) atoms. The Morgan fingerprint density at radius 3 is 2.40 bits per heavy atom. The van der Waals surface area contributed by atoms with Crippen LogP contribution in [0.15, 0.2) is 30.7 Å². The van der Waals surface area contributed by atoms with Gasteiger partial charge in [-0.05, 0) is 6.07 Å². The predicted molar refractivity (Wildman–Crippen MR) is 75.1 cm³/mol. The molecular weight excluding hydrogens is 349 g/mol. The number of aromatic nitrogens is 5. The fourth-order valence-corrected chi connectivity index (χ4v) is 2.02. The molecule has 3 aromatic heterocycles. The molecule has 0 saturated heterocycles. The molecule has 11 heteroatoms. The molecule has 0 fully saturated rings. The Labute approximate surface area is 137 Å². The maximum Gasteiger partial charge on any atom is 0.422 e. The first-order valence-corrected chi connectivity index (χ1v) is 6.88. The second-order valence-electron chi connectivity index (χ2n) is 5.20. The third-order valence-electron chi connectivity index (χ3n) is 3.10. The molecule has 3 heterocycles. The van der Waals surface area contributed by atoms with Gasteiger partial charge in [-0.25, -0.2) is 4.98 Å². The Balaban J connectivity index is 1.89. The summed E-state index contributed by atoms with van der Waals surface area (Å²) >= 11 is 0. The number of hydrogen-bond acceptors (Lipinski definition) is 5. The Kier molecular flexibility index (Phi) is 4.01. The lowest BCUT2D eigenvalue weighted by molar-refractivity contribution is -0.154. The number of nitrogens with zero attached hydrogens (tertiary/aromatic N) is 5. The van der Waals surface area contributed by atoms with Gasteiger partial charge in [-0.2, -0.15) is 22.0 Å². The molecule has 0 aliphatic carbocycles. The van der Waals surface area contributed by atoms with E-state index in [9.17, 15) is 22.0 Å². The molecule has 3 aromatic rings. The van der Waals surface area contributed by atoms with Gasteiger partial charge in [0.2, 0.25) is 11.7 Å². The fraction of sp³-hybridized carbons (Fsp3) is 0.286. The maximum atomic E-state index is 13.5. The Bertz CT molecular complexity index is 885. The number of pyridine rings is 1. The summed E-state index contributed by atoms with van der Waals surface area (Å²) in [5.41, 5.74) is 0.811. The molecule has 0 unspecified atom stereocenters. The summed E-state index contributed by atoms with van der Waals surface area (Å²) in [4.78, 5) is 7.80. The van der Waals surface area contributed by atoms with E-state index in [0.29, 0.717) is 12.5 Å². The van der Waals surface area contributed by atoms with Gasteiger partial charge in [-0.1, -0.05) is 0 Å². The van der Waals surface area contributed by atoms with Gasteiger partial charge in [0, 0.05) is 30.9 Å². The molecule has 0 aliphatic heterocycles. The third kappa shape index (κ3) is 3.80. The van der Waals surface area contributed by atoms with Crippen LogP contribution in [0.25, 0.3) is 16.9 Å². The van der Waals surface area contributed by atoms with Crippen LogP contribution in [0.2, 0.25) is 0 Å². The van der Waals surface area contributed by atoms with Crippen molar-refractivity contribution in [1.82, 2.24) is 24.6 Å². The first-order chi connectivity index (χ1) is 11.6.